The van der Waals surface area contributed by atoms with Gasteiger partial charge in [0.05, 0.1) is 11.6 Å². The van der Waals surface area contributed by atoms with Gasteiger partial charge in [-0.15, -0.1) is 0 Å². The molecule has 4 nitrogen and oxygen atoms in total. The van der Waals surface area contributed by atoms with Crippen LogP contribution in [0.5, 0.6) is 0 Å². The summed E-state index contributed by atoms with van der Waals surface area (Å²) in [7, 11) is 0. The maximum Gasteiger partial charge on any atom is 0.237 e. The van der Waals surface area contributed by atoms with Gasteiger partial charge in [-0.25, -0.2) is 4.39 Å². The number of nitrogens with zero attached hydrogens (tertiary/aromatic N) is 1. The van der Waals surface area contributed by atoms with Gasteiger partial charge in [-0.2, -0.15) is 5.26 Å². The first-order valence-electron chi connectivity index (χ1n) is 6.16. The lowest BCUT2D eigenvalue weighted by Gasteiger charge is -2.16. The third-order valence-corrected chi connectivity index (χ3v) is 2.59. The SMILES string of the molecule is CC(C)NC(=O)C(C)NCc1ccc(F)c(C#N)c1. The molecular formula is C14H18FN3O. The van der Waals surface area contributed by atoms with E-state index >= 15 is 0 Å². The Labute approximate surface area is 112 Å². The minimum Gasteiger partial charge on any atom is -0.353 e. The van der Waals surface area contributed by atoms with Crippen LogP contribution in [0.25, 0.3) is 0 Å². The summed E-state index contributed by atoms with van der Waals surface area (Å²) in [5.74, 6) is -0.616. The summed E-state index contributed by atoms with van der Waals surface area (Å²) < 4.78 is 13.1. The van der Waals surface area contributed by atoms with Crippen LogP contribution >= 0.6 is 0 Å². The number of hydrogen-bond donors (Lipinski definition) is 2. The molecule has 0 aliphatic heterocycles. The standard InChI is InChI=1S/C14H18FN3O/c1-9(2)18-14(19)10(3)17-8-11-4-5-13(15)12(6-11)7-16/h4-6,9-10,17H,8H2,1-3H3,(H,18,19). The highest BCUT2D eigenvalue weighted by Crippen LogP contribution is 2.09. The number of halogens is 1. The highest BCUT2D eigenvalue weighted by molar-refractivity contribution is 5.81. The largest absolute Gasteiger partial charge is 0.353 e. The number of carbonyl (C=O) groups is 1. The summed E-state index contributed by atoms with van der Waals surface area (Å²) in [6, 6.07) is 5.86. The Balaban J connectivity index is 2.57. The zero-order chi connectivity index (χ0) is 14.4. The van der Waals surface area contributed by atoms with Gasteiger partial charge in [0.25, 0.3) is 0 Å². The van der Waals surface area contributed by atoms with E-state index in [0.29, 0.717) is 6.54 Å². The molecule has 1 rings (SSSR count). The van der Waals surface area contributed by atoms with Crippen molar-refractivity contribution < 1.29 is 9.18 Å². The zero-order valence-corrected chi connectivity index (χ0v) is 11.3. The molecule has 1 amide bonds. The second-order valence-electron chi connectivity index (χ2n) is 4.69. The molecule has 1 unspecified atom stereocenters. The summed E-state index contributed by atoms with van der Waals surface area (Å²) in [5.41, 5.74) is 0.778. The molecule has 0 saturated heterocycles. The van der Waals surface area contributed by atoms with E-state index in [9.17, 15) is 9.18 Å². The number of amides is 1. The summed E-state index contributed by atoms with van der Waals surface area (Å²) >= 11 is 0. The fraction of sp³-hybridized carbons (Fsp3) is 0.429. The molecule has 0 bridgehead atoms. The van der Waals surface area contributed by atoms with Crippen molar-refractivity contribution in [2.75, 3.05) is 0 Å². The van der Waals surface area contributed by atoms with Gasteiger partial charge < -0.3 is 10.6 Å². The van der Waals surface area contributed by atoms with E-state index in [0.717, 1.165) is 5.56 Å². The minimum atomic E-state index is -0.531. The number of nitrogens with one attached hydrogen (secondary N) is 2. The van der Waals surface area contributed by atoms with Crippen LogP contribution in [0, 0.1) is 17.1 Å². The van der Waals surface area contributed by atoms with E-state index in [1.165, 1.54) is 12.1 Å². The van der Waals surface area contributed by atoms with Gasteiger partial charge in [0.2, 0.25) is 5.91 Å². The number of nitriles is 1. The lowest BCUT2D eigenvalue weighted by Crippen LogP contribution is -2.44. The minimum absolute atomic E-state index is 0.0126. The average Bonchev–Trinajstić information content (AvgIpc) is 2.36. The van der Waals surface area contributed by atoms with Crippen LogP contribution in [0.3, 0.4) is 0 Å². The molecule has 0 heterocycles. The number of rotatable bonds is 5. The van der Waals surface area contributed by atoms with Crippen LogP contribution in [0.1, 0.15) is 31.9 Å². The molecule has 102 valence electrons. The van der Waals surface area contributed by atoms with Gasteiger partial charge >= 0.3 is 0 Å². The van der Waals surface area contributed by atoms with Crippen molar-refractivity contribution >= 4 is 5.91 Å². The molecule has 19 heavy (non-hydrogen) atoms. The van der Waals surface area contributed by atoms with Crippen LogP contribution in [0.15, 0.2) is 18.2 Å². The molecular weight excluding hydrogens is 245 g/mol. The number of carbonyl (C=O) groups excluding carboxylic acids is 1. The third-order valence-electron chi connectivity index (χ3n) is 2.59. The molecule has 0 fully saturated rings. The van der Waals surface area contributed by atoms with E-state index < -0.39 is 5.82 Å². The van der Waals surface area contributed by atoms with Gasteiger partial charge in [-0.05, 0) is 38.5 Å². The Morgan fingerprint density at radius 3 is 2.68 bits per heavy atom. The van der Waals surface area contributed by atoms with Crippen molar-refractivity contribution in [2.45, 2.75) is 39.4 Å². The van der Waals surface area contributed by atoms with E-state index in [2.05, 4.69) is 10.6 Å². The highest BCUT2D eigenvalue weighted by atomic mass is 19.1. The molecule has 2 N–H and O–H groups in total. The topological polar surface area (TPSA) is 64.9 Å². The molecule has 0 spiro atoms. The van der Waals surface area contributed by atoms with Gasteiger partial charge in [-0.3, -0.25) is 4.79 Å². The molecule has 0 radical (unpaired) electrons. The smallest absolute Gasteiger partial charge is 0.237 e. The van der Waals surface area contributed by atoms with Crippen LogP contribution in [0.2, 0.25) is 0 Å². The van der Waals surface area contributed by atoms with Crippen LogP contribution in [-0.2, 0) is 11.3 Å². The summed E-state index contributed by atoms with van der Waals surface area (Å²) in [6.45, 7) is 5.95. The molecule has 1 atom stereocenters. The highest BCUT2D eigenvalue weighted by Gasteiger charge is 2.13. The predicted molar refractivity (Wildman–Crippen MR) is 70.7 cm³/mol. The summed E-state index contributed by atoms with van der Waals surface area (Å²) in [5, 5.41) is 14.6. The molecule has 0 saturated carbocycles. The lowest BCUT2D eigenvalue weighted by molar-refractivity contribution is -0.123. The van der Waals surface area contributed by atoms with Crippen molar-refractivity contribution in [3.05, 3.63) is 35.1 Å². The molecule has 0 aromatic heterocycles. The van der Waals surface area contributed by atoms with Gasteiger partial charge in [-0.1, -0.05) is 6.07 Å². The van der Waals surface area contributed by atoms with E-state index in [-0.39, 0.29) is 23.6 Å². The average molecular weight is 263 g/mol. The Bertz CT molecular complexity index is 494. The number of benzene rings is 1. The fourth-order valence-corrected chi connectivity index (χ4v) is 1.54. The lowest BCUT2D eigenvalue weighted by atomic mass is 10.1. The normalized spacial score (nSPS) is 12.0. The maximum atomic E-state index is 13.1. The van der Waals surface area contributed by atoms with Crippen molar-refractivity contribution in [3.63, 3.8) is 0 Å². The number of hydrogen-bond acceptors (Lipinski definition) is 3. The zero-order valence-electron chi connectivity index (χ0n) is 11.3. The van der Waals surface area contributed by atoms with Crippen LogP contribution in [0.4, 0.5) is 4.39 Å². The van der Waals surface area contributed by atoms with Gasteiger partial charge in [0.15, 0.2) is 0 Å². The predicted octanol–water partition coefficient (Wildman–Crippen LogP) is 1.70. The molecule has 0 aliphatic carbocycles. The quantitative estimate of drug-likeness (QED) is 0.849. The Hall–Kier alpha value is -1.93. The second kappa shape index (κ2) is 6.86. The van der Waals surface area contributed by atoms with E-state index in [1.807, 2.05) is 13.8 Å². The second-order valence-corrected chi connectivity index (χ2v) is 4.69. The summed E-state index contributed by atoms with van der Waals surface area (Å²) in [6.07, 6.45) is 0. The van der Waals surface area contributed by atoms with Gasteiger partial charge in [0.1, 0.15) is 11.9 Å². The van der Waals surface area contributed by atoms with Crippen molar-refractivity contribution in [1.82, 2.24) is 10.6 Å². The van der Waals surface area contributed by atoms with Crippen molar-refractivity contribution in [2.24, 2.45) is 0 Å². The first-order chi connectivity index (χ1) is 8.93. The molecule has 5 heteroatoms. The fourth-order valence-electron chi connectivity index (χ4n) is 1.54. The monoisotopic (exact) mass is 263 g/mol. The molecule has 0 aliphatic rings. The van der Waals surface area contributed by atoms with Crippen LogP contribution < -0.4 is 10.6 Å². The maximum absolute atomic E-state index is 13.1. The van der Waals surface area contributed by atoms with Crippen molar-refractivity contribution in [3.8, 4) is 6.07 Å². The Morgan fingerprint density at radius 1 is 1.42 bits per heavy atom. The third kappa shape index (κ3) is 4.68. The first-order valence-corrected chi connectivity index (χ1v) is 6.16. The Kier molecular flexibility index (Phi) is 5.46. The van der Waals surface area contributed by atoms with E-state index in [1.54, 1.807) is 19.1 Å². The van der Waals surface area contributed by atoms with Gasteiger partial charge in [0, 0.05) is 12.6 Å². The Morgan fingerprint density at radius 2 is 2.11 bits per heavy atom. The van der Waals surface area contributed by atoms with Crippen LogP contribution in [-0.4, -0.2) is 18.0 Å². The molecule has 1 aromatic carbocycles. The summed E-state index contributed by atoms with van der Waals surface area (Å²) in [4.78, 5) is 11.7. The molecule has 1 aromatic rings. The van der Waals surface area contributed by atoms with Crippen molar-refractivity contribution in [1.29, 1.82) is 5.26 Å². The first kappa shape index (κ1) is 15.1. The van der Waals surface area contributed by atoms with E-state index in [4.69, 9.17) is 5.26 Å².